The van der Waals surface area contributed by atoms with Gasteiger partial charge in [0.05, 0.1) is 6.54 Å². The van der Waals surface area contributed by atoms with Crippen molar-refractivity contribution in [2.45, 2.75) is 27.0 Å². The van der Waals surface area contributed by atoms with Crippen LogP contribution in [0.4, 0.5) is 0 Å². The van der Waals surface area contributed by atoms with E-state index in [9.17, 15) is 4.79 Å². The fraction of sp³-hybridized carbons (Fsp3) is 0.278. The van der Waals surface area contributed by atoms with Gasteiger partial charge in [0.2, 0.25) is 11.7 Å². The van der Waals surface area contributed by atoms with Crippen molar-refractivity contribution >= 4 is 5.91 Å². The molecule has 0 aliphatic carbocycles. The number of nitrogens with one attached hydrogen (secondary N) is 1. The second kappa shape index (κ2) is 7.21. The monoisotopic (exact) mass is 340 g/mol. The molecule has 0 radical (unpaired) electrons. The first-order valence-electron chi connectivity index (χ1n) is 7.94. The van der Waals surface area contributed by atoms with Crippen LogP contribution < -0.4 is 10.1 Å². The van der Waals surface area contributed by atoms with E-state index in [2.05, 4.69) is 20.0 Å². The molecule has 0 spiro atoms. The van der Waals surface area contributed by atoms with Crippen molar-refractivity contribution in [3.05, 3.63) is 65.1 Å². The van der Waals surface area contributed by atoms with E-state index in [1.54, 1.807) is 31.2 Å². The molecule has 0 fully saturated rings. The molecule has 1 aromatic carbocycles. The number of carbonyl (C=O) groups excluding carboxylic acids is 1. The third-order valence-corrected chi connectivity index (χ3v) is 3.96. The van der Waals surface area contributed by atoms with Gasteiger partial charge in [-0.2, -0.15) is 4.98 Å². The molecule has 7 nitrogen and oxygen atoms in total. The minimum Gasteiger partial charge on any atom is -0.485 e. The van der Waals surface area contributed by atoms with Crippen LogP contribution >= 0.6 is 0 Å². The van der Waals surface area contributed by atoms with Gasteiger partial charge in [0.1, 0.15) is 5.75 Å². The summed E-state index contributed by atoms with van der Waals surface area (Å²) in [6, 6.07) is 11.0. The Bertz CT molecular complexity index is 865. The van der Waals surface area contributed by atoms with E-state index in [1.165, 1.54) is 0 Å². The number of benzene rings is 1. The minimum absolute atomic E-state index is 0.126. The van der Waals surface area contributed by atoms with Gasteiger partial charge >= 0.3 is 0 Å². The second-order valence-corrected chi connectivity index (χ2v) is 5.75. The molecule has 25 heavy (non-hydrogen) atoms. The Morgan fingerprint density at radius 2 is 1.96 bits per heavy atom. The fourth-order valence-corrected chi connectivity index (χ4v) is 2.37. The Hall–Kier alpha value is -3.09. The number of aromatic nitrogens is 3. The molecule has 0 atom stereocenters. The average Bonchev–Trinajstić information content (AvgIpc) is 3.18. The number of aryl methyl sites for hydroxylation is 2. The number of hydrogen-bond donors (Lipinski definition) is 1. The van der Waals surface area contributed by atoms with Crippen LogP contribution in [0, 0.1) is 13.8 Å². The van der Waals surface area contributed by atoms with Gasteiger partial charge in [-0.15, -0.1) is 0 Å². The van der Waals surface area contributed by atoms with E-state index in [4.69, 9.17) is 9.26 Å². The molecule has 0 saturated carbocycles. The molecule has 2 aromatic heterocycles. The van der Waals surface area contributed by atoms with E-state index in [0.717, 1.165) is 11.4 Å². The van der Waals surface area contributed by atoms with Crippen molar-refractivity contribution in [1.29, 1.82) is 0 Å². The molecule has 0 aliphatic rings. The molecule has 3 aromatic rings. The third kappa shape index (κ3) is 4.06. The third-order valence-electron chi connectivity index (χ3n) is 3.96. The smallest absolute Gasteiger partial charge is 0.251 e. The predicted molar refractivity (Wildman–Crippen MR) is 91.1 cm³/mol. The zero-order chi connectivity index (χ0) is 17.8. The van der Waals surface area contributed by atoms with Crippen LogP contribution in [-0.4, -0.2) is 20.6 Å². The Morgan fingerprint density at radius 3 is 2.56 bits per heavy atom. The Labute approximate surface area is 145 Å². The van der Waals surface area contributed by atoms with Crippen molar-refractivity contribution in [3.8, 4) is 5.75 Å². The van der Waals surface area contributed by atoms with Crippen LogP contribution in [0.2, 0.25) is 0 Å². The van der Waals surface area contributed by atoms with Gasteiger partial charge in [0.25, 0.3) is 5.91 Å². The van der Waals surface area contributed by atoms with E-state index >= 15 is 0 Å². The molecule has 3 rings (SSSR count). The SMILES string of the molecule is Cc1nc(COc2ccc(C(=O)NCc3ccc(C)n3C)cc2)no1. The Morgan fingerprint density at radius 1 is 1.20 bits per heavy atom. The quantitative estimate of drug-likeness (QED) is 0.746. The summed E-state index contributed by atoms with van der Waals surface area (Å²) >= 11 is 0. The summed E-state index contributed by atoms with van der Waals surface area (Å²) in [7, 11) is 1.98. The van der Waals surface area contributed by atoms with Gasteiger partial charge in [-0.1, -0.05) is 5.16 Å². The predicted octanol–water partition coefficient (Wildman–Crippen LogP) is 2.53. The molecule has 2 heterocycles. The average molecular weight is 340 g/mol. The molecule has 130 valence electrons. The largest absolute Gasteiger partial charge is 0.485 e. The summed E-state index contributed by atoms with van der Waals surface area (Å²) in [5.41, 5.74) is 2.79. The lowest BCUT2D eigenvalue weighted by Crippen LogP contribution is -2.23. The standard InChI is InChI=1S/C18H20N4O3/c1-12-4-7-15(22(12)3)10-19-18(23)14-5-8-16(9-6-14)24-11-17-20-13(2)25-21-17/h4-9H,10-11H2,1-3H3,(H,19,23). The topological polar surface area (TPSA) is 82.2 Å². The van der Waals surface area contributed by atoms with Gasteiger partial charge in [-0.05, 0) is 43.3 Å². The maximum Gasteiger partial charge on any atom is 0.251 e. The van der Waals surface area contributed by atoms with E-state index < -0.39 is 0 Å². The molecule has 1 amide bonds. The Kier molecular flexibility index (Phi) is 4.83. The van der Waals surface area contributed by atoms with Crippen LogP contribution in [-0.2, 0) is 20.2 Å². The second-order valence-electron chi connectivity index (χ2n) is 5.75. The van der Waals surface area contributed by atoms with Crippen molar-refractivity contribution in [1.82, 2.24) is 20.0 Å². The van der Waals surface area contributed by atoms with Gasteiger partial charge in [0, 0.05) is 30.9 Å². The van der Waals surface area contributed by atoms with Crippen molar-refractivity contribution in [2.75, 3.05) is 0 Å². The highest BCUT2D eigenvalue weighted by Crippen LogP contribution is 2.14. The number of amides is 1. The molecular formula is C18H20N4O3. The highest BCUT2D eigenvalue weighted by atomic mass is 16.5. The molecular weight excluding hydrogens is 320 g/mol. The lowest BCUT2D eigenvalue weighted by atomic mass is 10.2. The summed E-state index contributed by atoms with van der Waals surface area (Å²) in [5.74, 6) is 1.49. The summed E-state index contributed by atoms with van der Waals surface area (Å²) in [6.07, 6.45) is 0. The lowest BCUT2D eigenvalue weighted by Gasteiger charge is -2.08. The van der Waals surface area contributed by atoms with Crippen LogP contribution in [0.15, 0.2) is 40.9 Å². The minimum atomic E-state index is -0.126. The highest BCUT2D eigenvalue weighted by molar-refractivity contribution is 5.94. The highest BCUT2D eigenvalue weighted by Gasteiger charge is 2.08. The molecule has 0 bridgehead atoms. The normalized spacial score (nSPS) is 10.7. The van der Waals surface area contributed by atoms with E-state index in [1.807, 2.05) is 26.1 Å². The first-order valence-corrected chi connectivity index (χ1v) is 7.94. The van der Waals surface area contributed by atoms with Crippen LogP contribution in [0.5, 0.6) is 5.75 Å². The molecule has 0 aliphatic heterocycles. The van der Waals surface area contributed by atoms with Crippen molar-refractivity contribution in [3.63, 3.8) is 0 Å². The number of nitrogens with zero attached hydrogens (tertiary/aromatic N) is 3. The van der Waals surface area contributed by atoms with E-state index in [0.29, 0.717) is 29.6 Å². The fourth-order valence-electron chi connectivity index (χ4n) is 2.37. The number of carbonyl (C=O) groups is 1. The van der Waals surface area contributed by atoms with Gasteiger partial charge in [-0.3, -0.25) is 4.79 Å². The maximum atomic E-state index is 12.2. The summed E-state index contributed by atoms with van der Waals surface area (Å²) in [6.45, 7) is 4.45. The first kappa shape index (κ1) is 16.8. The van der Waals surface area contributed by atoms with Gasteiger partial charge in [0.15, 0.2) is 6.61 Å². The molecule has 7 heteroatoms. The van der Waals surface area contributed by atoms with Crippen LogP contribution in [0.25, 0.3) is 0 Å². The number of rotatable bonds is 6. The van der Waals surface area contributed by atoms with Gasteiger partial charge in [-0.25, -0.2) is 0 Å². The summed E-state index contributed by atoms with van der Waals surface area (Å²) < 4.78 is 12.5. The van der Waals surface area contributed by atoms with Crippen molar-refractivity contribution in [2.24, 2.45) is 7.05 Å². The first-order chi connectivity index (χ1) is 12.0. The summed E-state index contributed by atoms with van der Waals surface area (Å²) in [4.78, 5) is 16.3. The number of hydrogen-bond acceptors (Lipinski definition) is 5. The summed E-state index contributed by atoms with van der Waals surface area (Å²) in [5, 5.41) is 6.68. The van der Waals surface area contributed by atoms with Gasteiger partial charge < -0.3 is 19.1 Å². The zero-order valence-electron chi connectivity index (χ0n) is 14.4. The molecule has 1 N–H and O–H groups in total. The number of ether oxygens (including phenoxy) is 1. The Balaban J connectivity index is 1.54. The van der Waals surface area contributed by atoms with Crippen LogP contribution in [0.1, 0.15) is 33.5 Å². The van der Waals surface area contributed by atoms with E-state index in [-0.39, 0.29) is 12.5 Å². The van der Waals surface area contributed by atoms with Crippen molar-refractivity contribution < 1.29 is 14.1 Å². The maximum absolute atomic E-state index is 12.2. The van der Waals surface area contributed by atoms with Crippen LogP contribution in [0.3, 0.4) is 0 Å². The lowest BCUT2D eigenvalue weighted by molar-refractivity contribution is 0.0950. The zero-order valence-corrected chi connectivity index (χ0v) is 14.4. The molecule has 0 saturated heterocycles. The molecule has 0 unspecified atom stereocenters.